The summed E-state index contributed by atoms with van der Waals surface area (Å²) in [6.45, 7) is 1.42. The van der Waals surface area contributed by atoms with Crippen molar-refractivity contribution in [2.24, 2.45) is 0 Å². The number of halogens is 2. The molecular formula is C14H14F2N2. The molecule has 0 spiro atoms. The molecule has 2 aromatic rings. The van der Waals surface area contributed by atoms with Crippen LogP contribution in [-0.2, 0) is 0 Å². The zero-order valence-electron chi connectivity index (χ0n) is 10.5. The van der Waals surface area contributed by atoms with Crippen LogP contribution in [0.25, 0.3) is 11.3 Å². The number of pyridine rings is 1. The number of rotatable bonds is 2. The van der Waals surface area contributed by atoms with E-state index in [2.05, 4.69) is 4.98 Å². The Labute approximate surface area is 105 Å². The summed E-state index contributed by atoms with van der Waals surface area (Å²) < 4.78 is 27.2. The zero-order chi connectivity index (χ0) is 13.3. The van der Waals surface area contributed by atoms with Gasteiger partial charge >= 0.3 is 0 Å². The third kappa shape index (κ3) is 2.18. The van der Waals surface area contributed by atoms with E-state index >= 15 is 0 Å². The smallest absolute Gasteiger partial charge is 0.138 e. The molecule has 2 rings (SSSR count). The minimum absolute atomic E-state index is 0.0181. The fraction of sp³-hybridized carbons (Fsp3) is 0.214. The lowest BCUT2D eigenvalue weighted by molar-refractivity contribution is 0.570. The quantitative estimate of drug-likeness (QED) is 0.809. The maximum Gasteiger partial charge on any atom is 0.138 e. The third-order valence-corrected chi connectivity index (χ3v) is 2.86. The fourth-order valence-electron chi connectivity index (χ4n) is 1.70. The van der Waals surface area contributed by atoms with Crippen LogP contribution < -0.4 is 4.90 Å². The molecule has 18 heavy (non-hydrogen) atoms. The van der Waals surface area contributed by atoms with Crippen molar-refractivity contribution in [3.63, 3.8) is 0 Å². The van der Waals surface area contributed by atoms with E-state index in [1.807, 2.05) is 25.1 Å². The Morgan fingerprint density at radius 3 is 2.50 bits per heavy atom. The first-order valence-corrected chi connectivity index (χ1v) is 5.59. The molecule has 0 atom stereocenters. The van der Waals surface area contributed by atoms with E-state index in [1.54, 1.807) is 12.3 Å². The van der Waals surface area contributed by atoms with Gasteiger partial charge in [-0.2, -0.15) is 0 Å². The highest BCUT2D eigenvalue weighted by Gasteiger charge is 2.12. The maximum atomic E-state index is 14.0. The zero-order valence-corrected chi connectivity index (χ0v) is 10.5. The van der Waals surface area contributed by atoms with Gasteiger partial charge in [-0.05, 0) is 31.2 Å². The Hall–Kier alpha value is -1.97. The van der Waals surface area contributed by atoms with E-state index in [-0.39, 0.29) is 5.56 Å². The topological polar surface area (TPSA) is 16.1 Å². The van der Waals surface area contributed by atoms with Crippen molar-refractivity contribution in [3.8, 4) is 11.3 Å². The van der Waals surface area contributed by atoms with Crippen LogP contribution in [0.3, 0.4) is 0 Å². The standard InChI is InChI=1S/C14H14F2N2/c1-9-12(15)5-4-11(14(9)16)13-8-10(18(2)3)6-7-17-13/h4-8H,1-3H3. The lowest BCUT2D eigenvalue weighted by Crippen LogP contribution is -2.08. The van der Waals surface area contributed by atoms with Crippen LogP contribution in [0.1, 0.15) is 5.56 Å². The Balaban J connectivity index is 2.55. The maximum absolute atomic E-state index is 14.0. The monoisotopic (exact) mass is 248 g/mol. The lowest BCUT2D eigenvalue weighted by atomic mass is 10.1. The summed E-state index contributed by atoms with van der Waals surface area (Å²) in [5, 5.41) is 0. The van der Waals surface area contributed by atoms with Gasteiger partial charge in [-0.1, -0.05) is 0 Å². The van der Waals surface area contributed by atoms with Crippen molar-refractivity contribution >= 4 is 5.69 Å². The van der Waals surface area contributed by atoms with Crippen LogP contribution in [0.2, 0.25) is 0 Å². The van der Waals surface area contributed by atoms with Gasteiger partial charge in [-0.25, -0.2) is 8.78 Å². The van der Waals surface area contributed by atoms with E-state index in [4.69, 9.17) is 0 Å². The Morgan fingerprint density at radius 2 is 1.83 bits per heavy atom. The van der Waals surface area contributed by atoms with Gasteiger partial charge in [0.25, 0.3) is 0 Å². The lowest BCUT2D eigenvalue weighted by Gasteiger charge is -2.13. The van der Waals surface area contributed by atoms with Gasteiger partial charge in [0, 0.05) is 37.1 Å². The average molecular weight is 248 g/mol. The van der Waals surface area contributed by atoms with Gasteiger partial charge in [0.05, 0.1) is 5.69 Å². The van der Waals surface area contributed by atoms with Gasteiger partial charge in [0.15, 0.2) is 0 Å². The van der Waals surface area contributed by atoms with Gasteiger partial charge < -0.3 is 4.90 Å². The van der Waals surface area contributed by atoms with Crippen molar-refractivity contribution in [2.75, 3.05) is 19.0 Å². The van der Waals surface area contributed by atoms with Crippen molar-refractivity contribution in [2.45, 2.75) is 6.92 Å². The van der Waals surface area contributed by atoms with E-state index in [1.165, 1.54) is 19.1 Å². The first kappa shape index (κ1) is 12.5. The number of hydrogen-bond acceptors (Lipinski definition) is 2. The number of benzene rings is 1. The molecule has 0 amide bonds. The van der Waals surface area contributed by atoms with E-state index in [9.17, 15) is 8.78 Å². The Morgan fingerprint density at radius 1 is 1.11 bits per heavy atom. The average Bonchev–Trinajstić information content (AvgIpc) is 2.36. The molecule has 4 heteroatoms. The molecule has 0 aliphatic heterocycles. The van der Waals surface area contributed by atoms with E-state index in [0.717, 1.165) is 5.69 Å². The van der Waals surface area contributed by atoms with Crippen molar-refractivity contribution in [3.05, 3.63) is 47.7 Å². The van der Waals surface area contributed by atoms with Crippen LogP contribution >= 0.6 is 0 Å². The van der Waals surface area contributed by atoms with Crippen LogP contribution in [0.5, 0.6) is 0 Å². The normalized spacial score (nSPS) is 10.5. The highest BCUT2D eigenvalue weighted by Crippen LogP contribution is 2.26. The summed E-state index contributed by atoms with van der Waals surface area (Å²) in [5.74, 6) is -1.10. The van der Waals surface area contributed by atoms with Crippen LogP contribution in [0.15, 0.2) is 30.5 Å². The van der Waals surface area contributed by atoms with Gasteiger partial charge in [0.1, 0.15) is 11.6 Å². The van der Waals surface area contributed by atoms with Crippen LogP contribution in [-0.4, -0.2) is 19.1 Å². The minimum atomic E-state index is -0.557. The van der Waals surface area contributed by atoms with Gasteiger partial charge in [-0.3, -0.25) is 4.98 Å². The summed E-state index contributed by atoms with van der Waals surface area (Å²) in [6.07, 6.45) is 1.61. The largest absolute Gasteiger partial charge is 0.378 e. The predicted molar refractivity (Wildman–Crippen MR) is 68.7 cm³/mol. The van der Waals surface area contributed by atoms with Crippen LogP contribution in [0, 0.1) is 18.6 Å². The molecule has 0 radical (unpaired) electrons. The summed E-state index contributed by atoms with van der Waals surface area (Å²) in [6, 6.07) is 6.28. The number of hydrogen-bond donors (Lipinski definition) is 0. The third-order valence-electron chi connectivity index (χ3n) is 2.86. The van der Waals surface area contributed by atoms with Crippen molar-refractivity contribution < 1.29 is 8.78 Å². The van der Waals surface area contributed by atoms with E-state index < -0.39 is 11.6 Å². The highest BCUT2D eigenvalue weighted by molar-refractivity contribution is 5.65. The SMILES string of the molecule is Cc1c(F)ccc(-c2cc(N(C)C)ccn2)c1F. The number of aromatic nitrogens is 1. The van der Waals surface area contributed by atoms with Gasteiger partial charge in [-0.15, -0.1) is 0 Å². The second-order valence-corrected chi connectivity index (χ2v) is 4.33. The molecule has 0 unspecified atom stereocenters. The molecule has 0 N–H and O–H groups in total. The molecule has 0 fully saturated rings. The molecule has 1 aromatic heterocycles. The number of anilines is 1. The predicted octanol–water partition coefficient (Wildman–Crippen LogP) is 3.40. The molecule has 1 heterocycles. The van der Waals surface area contributed by atoms with Crippen LogP contribution in [0.4, 0.5) is 14.5 Å². The first-order valence-electron chi connectivity index (χ1n) is 5.59. The minimum Gasteiger partial charge on any atom is -0.378 e. The molecule has 94 valence electrons. The fourth-order valence-corrected chi connectivity index (χ4v) is 1.70. The van der Waals surface area contributed by atoms with Gasteiger partial charge in [0.2, 0.25) is 0 Å². The Bertz CT molecular complexity index is 580. The molecule has 0 bridgehead atoms. The highest BCUT2D eigenvalue weighted by atomic mass is 19.1. The molecule has 0 saturated carbocycles. The van der Waals surface area contributed by atoms with E-state index in [0.29, 0.717) is 11.3 Å². The Kier molecular flexibility index (Phi) is 3.28. The molecule has 0 saturated heterocycles. The molecular weight excluding hydrogens is 234 g/mol. The van der Waals surface area contributed by atoms with Crippen molar-refractivity contribution in [1.29, 1.82) is 0 Å². The second kappa shape index (κ2) is 4.72. The number of nitrogens with zero attached hydrogens (tertiary/aromatic N) is 2. The molecule has 0 aliphatic rings. The molecule has 1 aromatic carbocycles. The molecule has 0 aliphatic carbocycles. The summed E-state index contributed by atoms with van der Waals surface area (Å²) in [5.41, 5.74) is 1.75. The summed E-state index contributed by atoms with van der Waals surface area (Å²) in [4.78, 5) is 6.04. The summed E-state index contributed by atoms with van der Waals surface area (Å²) in [7, 11) is 3.79. The second-order valence-electron chi connectivity index (χ2n) is 4.33. The molecule has 2 nitrogen and oxygen atoms in total. The summed E-state index contributed by atoms with van der Waals surface area (Å²) >= 11 is 0. The van der Waals surface area contributed by atoms with Crippen molar-refractivity contribution in [1.82, 2.24) is 4.98 Å². The first-order chi connectivity index (χ1) is 8.50.